The zero-order valence-electron chi connectivity index (χ0n) is 14.4. The summed E-state index contributed by atoms with van der Waals surface area (Å²) < 4.78 is 4.50. The Morgan fingerprint density at radius 1 is 1.20 bits per heavy atom. The molecule has 0 bridgehead atoms. The number of nitrogens with zero attached hydrogens (tertiary/aromatic N) is 6. The Morgan fingerprint density at radius 3 is 2.76 bits per heavy atom. The predicted octanol–water partition coefficient (Wildman–Crippen LogP) is 2.84. The van der Waals surface area contributed by atoms with Gasteiger partial charge in [0.15, 0.2) is 5.82 Å². The van der Waals surface area contributed by atoms with Crippen LogP contribution in [0.15, 0.2) is 30.9 Å². The number of rotatable bonds is 4. The van der Waals surface area contributed by atoms with E-state index in [1.54, 1.807) is 12.4 Å². The molecule has 0 amide bonds. The highest BCUT2D eigenvalue weighted by Crippen LogP contribution is 2.28. The molecule has 1 saturated heterocycles. The van der Waals surface area contributed by atoms with Crippen molar-refractivity contribution in [1.82, 2.24) is 29.0 Å². The van der Waals surface area contributed by atoms with Crippen LogP contribution in [-0.4, -0.2) is 55.4 Å². The zero-order chi connectivity index (χ0) is 17.2. The summed E-state index contributed by atoms with van der Waals surface area (Å²) in [5.41, 5.74) is 3.49. The second-order valence-electron chi connectivity index (χ2n) is 6.08. The fourth-order valence-electron chi connectivity index (χ4n) is 3.25. The summed E-state index contributed by atoms with van der Waals surface area (Å²) in [6, 6.07) is 2.43. The van der Waals surface area contributed by atoms with Crippen molar-refractivity contribution in [2.45, 2.75) is 18.9 Å². The molecule has 1 aliphatic heterocycles. The van der Waals surface area contributed by atoms with E-state index in [1.165, 1.54) is 0 Å². The van der Waals surface area contributed by atoms with E-state index in [2.05, 4.69) is 41.8 Å². The monoisotopic (exact) mass is 355 g/mol. The molecule has 0 spiro atoms. The number of pyridine rings is 1. The van der Waals surface area contributed by atoms with Gasteiger partial charge in [-0.15, -0.1) is 0 Å². The third-order valence-electron chi connectivity index (χ3n) is 4.65. The molecule has 3 aromatic rings. The fraction of sp³-hybridized carbons (Fsp3) is 0.412. The van der Waals surface area contributed by atoms with Gasteiger partial charge in [-0.3, -0.25) is 14.0 Å². The van der Waals surface area contributed by atoms with Crippen LogP contribution >= 0.6 is 11.9 Å². The topological polar surface area (TPSA) is 71.8 Å². The lowest BCUT2D eigenvalue weighted by Gasteiger charge is -2.30. The Balaban J connectivity index is 1.63. The van der Waals surface area contributed by atoms with Crippen LogP contribution in [0.2, 0.25) is 0 Å². The van der Waals surface area contributed by atoms with E-state index in [4.69, 9.17) is 4.98 Å². The molecule has 0 aliphatic carbocycles. The van der Waals surface area contributed by atoms with E-state index in [-0.39, 0.29) is 0 Å². The van der Waals surface area contributed by atoms with Gasteiger partial charge in [0.2, 0.25) is 0 Å². The van der Waals surface area contributed by atoms with Gasteiger partial charge in [0.05, 0.1) is 23.4 Å². The predicted molar refractivity (Wildman–Crippen MR) is 101 cm³/mol. The summed E-state index contributed by atoms with van der Waals surface area (Å²) in [6.07, 6.45) is 11.8. The van der Waals surface area contributed by atoms with Crippen molar-refractivity contribution in [3.05, 3.63) is 30.9 Å². The number of piperidine rings is 1. The van der Waals surface area contributed by atoms with E-state index < -0.39 is 0 Å². The van der Waals surface area contributed by atoms with Gasteiger partial charge >= 0.3 is 0 Å². The van der Waals surface area contributed by atoms with Crippen molar-refractivity contribution in [2.75, 3.05) is 31.7 Å². The third kappa shape index (κ3) is 3.19. The summed E-state index contributed by atoms with van der Waals surface area (Å²) in [5.74, 6) is 0.738. The number of hydrogen-bond donors (Lipinski definition) is 1. The molecule has 130 valence electrons. The van der Waals surface area contributed by atoms with Crippen LogP contribution in [0.1, 0.15) is 18.9 Å². The van der Waals surface area contributed by atoms with Gasteiger partial charge in [-0.25, -0.2) is 9.97 Å². The third-order valence-corrected chi connectivity index (χ3v) is 5.53. The van der Waals surface area contributed by atoms with Crippen molar-refractivity contribution >= 4 is 28.8 Å². The first-order valence-electron chi connectivity index (χ1n) is 8.41. The molecule has 1 fully saturated rings. The molecule has 0 radical (unpaired) electrons. The van der Waals surface area contributed by atoms with E-state index >= 15 is 0 Å². The minimum absolute atomic E-state index is 0.459. The normalized spacial score (nSPS) is 16.4. The van der Waals surface area contributed by atoms with E-state index in [1.807, 2.05) is 31.3 Å². The van der Waals surface area contributed by atoms with E-state index in [0.29, 0.717) is 6.04 Å². The molecule has 0 saturated carbocycles. The average Bonchev–Trinajstić information content (AvgIpc) is 3.17. The van der Waals surface area contributed by atoms with Crippen LogP contribution in [0, 0.1) is 0 Å². The maximum absolute atomic E-state index is 4.69. The SMILES string of the molecule is CNc1nc(-c2cnn(C3CCN(SC)CC3)c2)cc2nccnc12. The quantitative estimate of drug-likeness (QED) is 0.722. The first-order chi connectivity index (χ1) is 12.3. The largest absolute Gasteiger partial charge is 0.371 e. The number of fused-ring (bicyclic) bond motifs is 1. The minimum atomic E-state index is 0.459. The highest BCUT2D eigenvalue weighted by atomic mass is 32.2. The maximum Gasteiger partial charge on any atom is 0.154 e. The highest BCUT2D eigenvalue weighted by molar-refractivity contribution is 7.96. The summed E-state index contributed by atoms with van der Waals surface area (Å²) in [7, 11) is 1.85. The van der Waals surface area contributed by atoms with Gasteiger partial charge in [0.1, 0.15) is 5.52 Å². The standard InChI is InChI=1S/C17H21N7S/c1-18-17-16-15(19-5-6-20-16)9-14(22-17)12-10-21-24(11-12)13-3-7-23(25-2)8-4-13/h5-6,9-11,13H,3-4,7-8H2,1-2H3,(H,18,22). The molecule has 3 aromatic heterocycles. The first kappa shape index (κ1) is 16.3. The lowest BCUT2D eigenvalue weighted by molar-refractivity contribution is 0.276. The second kappa shape index (κ2) is 6.97. The molecule has 0 aromatic carbocycles. The van der Waals surface area contributed by atoms with Crippen molar-refractivity contribution in [3.63, 3.8) is 0 Å². The molecule has 7 nitrogen and oxygen atoms in total. The molecule has 1 N–H and O–H groups in total. The summed E-state index contributed by atoms with van der Waals surface area (Å²) in [6.45, 7) is 2.21. The van der Waals surface area contributed by atoms with Crippen LogP contribution in [0.4, 0.5) is 5.82 Å². The molecule has 8 heteroatoms. The average molecular weight is 355 g/mol. The van der Waals surface area contributed by atoms with E-state index in [9.17, 15) is 0 Å². The molecule has 0 unspecified atom stereocenters. The number of nitrogens with one attached hydrogen (secondary N) is 1. The van der Waals surface area contributed by atoms with Crippen molar-refractivity contribution in [1.29, 1.82) is 0 Å². The van der Waals surface area contributed by atoms with E-state index in [0.717, 1.165) is 54.0 Å². The Bertz CT molecular complexity index is 870. The zero-order valence-corrected chi connectivity index (χ0v) is 15.2. The Morgan fingerprint density at radius 2 is 2.00 bits per heavy atom. The van der Waals surface area contributed by atoms with Gasteiger partial charge < -0.3 is 5.32 Å². The fourth-order valence-corrected chi connectivity index (χ4v) is 3.83. The van der Waals surface area contributed by atoms with Crippen molar-refractivity contribution in [2.24, 2.45) is 0 Å². The van der Waals surface area contributed by atoms with Crippen LogP contribution in [0.5, 0.6) is 0 Å². The highest BCUT2D eigenvalue weighted by Gasteiger charge is 2.21. The van der Waals surface area contributed by atoms with Gasteiger partial charge in [-0.2, -0.15) is 5.10 Å². The maximum atomic E-state index is 4.69. The molecule has 25 heavy (non-hydrogen) atoms. The lowest BCUT2D eigenvalue weighted by Crippen LogP contribution is -2.29. The number of anilines is 1. The summed E-state index contributed by atoms with van der Waals surface area (Å²) in [4.78, 5) is 13.5. The van der Waals surface area contributed by atoms with Gasteiger partial charge in [0.25, 0.3) is 0 Å². The molecule has 4 heterocycles. The van der Waals surface area contributed by atoms with Crippen molar-refractivity contribution in [3.8, 4) is 11.3 Å². The summed E-state index contributed by atoms with van der Waals surface area (Å²) >= 11 is 1.82. The molecule has 1 aliphatic rings. The molecule has 4 rings (SSSR count). The second-order valence-corrected chi connectivity index (χ2v) is 6.96. The Labute approximate surface area is 151 Å². The van der Waals surface area contributed by atoms with Crippen molar-refractivity contribution < 1.29 is 0 Å². The smallest absolute Gasteiger partial charge is 0.154 e. The first-order valence-corrected chi connectivity index (χ1v) is 9.59. The minimum Gasteiger partial charge on any atom is -0.371 e. The van der Waals surface area contributed by atoms with Gasteiger partial charge in [0, 0.05) is 44.3 Å². The summed E-state index contributed by atoms with van der Waals surface area (Å²) in [5, 5.41) is 7.71. The van der Waals surface area contributed by atoms with Gasteiger partial charge in [-0.05, 0) is 25.2 Å². The Hall–Kier alpha value is -2.19. The molecule has 0 atom stereocenters. The van der Waals surface area contributed by atoms with Crippen LogP contribution < -0.4 is 5.32 Å². The molecular weight excluding hydrogens is 334 g/mol. The molecular formula is C17H21N7S. The number of aromatic nitrogens is 5. The Kier molecular flexibility index (Phi) is 4.54. The number of hydrogen-bond acceptors (Lipinski definition) is 7. The van der Waals surface area contributed by atoms with Crippen LogP contribution in [-0.2, 0) is 0 Å². The lowest BCUT2D eigenvalue weighted by atomic mass is 10.1. The van der Waals surface area contributed by atoms with Gasteiger partial charge in [-0.1, -0.05) is 11.9 Å². The van der Waals surface area contributed by atoms with Crippen LogP contribution in [0.3, 0.4) is 0 Å². The van der Waals surface area contributed by atoms with Crippen LogP contribution in [0.25, 0.3) is 22.3 Å².